The molecule has 0 N–H and O–H groups in total. The first kappa shape index (κ1) is 31.8. The van der Waals surface area contributed by atoms with E-state index >= 15 is 0 Å². The molecule has 10 nitrogen and oxygen atoms in total. The van der Waals surface area contributed by atoms with E-state index in [2.05, 4.69) is 65.8 Å². The Hall–Kier alpha value is -4.17. The van der Waals surface area contributed by atoms with Crippen LogP contribution in [0.4, 0.5) is 11.5 Å². The first-order chi connectivity index (χ1) is 22.3. The number of aromatic nitrogens is 2. The number of carbonyl (C=O) groups is 1. The lowest BCUT2D eigenvalue weighted by atomic mass is 9.99. The van der Waals surface area contributed by atoms with E-state index in [1.54, 1.807) is 4.90 Å². The Morgan fingerprint density at radius 3 is 2.65 bits per heavy atom. The molecule has 0 bridgehead atoms. The molecule has 1 amide bonds. The number of anilines is 2. The Morgan fingerprint density at radius 1 is 1.11 bits per heavy atom. The Morgan fingerprint density at radius 2 is 1.89 bits per heavy atom. The van der Waals surface area contributed by atoms with Crippen molar-refractivity contribution in [1.29, 1.82) is 5.26 Å². The Bertz CT molecular complexity index is 1760. The quantitative estimate of drug-likeness (QED) is 0.228. The Labute approximate surface area is 271 Å². The smallest absolute Gasteiger partial charge is 0.318 e. The van der Waals surface area contributed by atoms with E-state index in [0.717, 1.165) is 61.4 Å². The lowest BCUT2D eigenvalue weighted by Crippen LogP contribution is -2.55. The molecule has 1 saturated carbocycles. The van der Waals surface area contributed by atoms with E-state index in [4.69, 9.17) is 14.7 Å². The van der Waals surface area contributed by atoms with Gasteiger partial charge in [-0.15, -0.1) is 0 Å². The van der Waals surface area contributed by atoms with E-state index in [1.165, 1.54) is 22.4 Å². The highest BCUT2D eigenvalue weighted by Gasteiger charge is 2.34. The summed E-state index contributed by atoms with van der Waals surface area (Å²) in [7, 11) is -3.14. The van der Waals surface area contributed by atoms with Crippen LogP contribution < -0.4 is 14.5 Å². The maximum absolute atomic E-state index is 12.8. The van der Waals surface area contributed by atoms with Crippen molar-refractivity contribution >= 4 is 38.0 Å². The number of benzene rings is 2. The summed E-state index contributed by atoms with van der Waals surface area (Å²) >= 11 is 0. The molecule has 46 heavy (non-hydrogen) atoms. The first-order valence-electron chi connectivity index (χ1n) is 16.3. The van der Waals surface area contributed by atoms with E-state index in [9.17, 15) is 18.5 Å². The van der Waals surface area contributed by atoms with Crippen molar-refractivity contribution < 1.29 is 17.9 Å². The van der Waals surface area contributed by atoms with Gasteiger partial charge in [0.25, 0.3) is 0 Å². The lowest BCUT2D eigenvalue weighted by Gasteiger charge is -2.42. The largest absolute Gasteiger partial charge is 0.463 e. The molecular formula is C35H42N6O4S. The second-order valence-electron chi connectivity index (χ2n) is 12.6. The number of amides is 1. The molecule has 11 heteroatoms. The third kappa shape index (κ3) is 6.54. The summed E-state index contributed by atoms with van der Waals surface area (Å²) in [6.45, 7) is 8.80. The van der Waals surface area contributed by atoms with E-state index < -0.39 is 9.84 Å². The van der Waals surface area contributed by atoms with Gasteiger partial charge < -0.3 is 19.4 Å². The first-order valence-corrected chi connectivity index (χ1v) is 18.0. The minimum absolute atomic E-state index is 0.0960. The van der Waals surface area contributed by atoms with E-state index in [1.807, 2.05) is 0 Å². The van der Waals surface area contributed by atoms with Gasteiger partial charge in [0, 0.05) is 42.8 Å². The highest BCUT2D eigenvalue weighted by atomic mass is 32.2. The molecule has 1 saturated heterocycles. The molecular weight excluding hydrogens is 600 g/mol. The standard InChI is InChI=1S/C35H42N6O4S/c1-3-32(42)41-20-19-40(23-27(41)15-17-36)34-29-16-18-39(31-14-7-11-26-10-6-9-25(2)33(26)31)24-30(29)37-35(38-34)45-21-8-22-46(43,44)28-12-4-5-13-28/h3,6-7,9-11,14,27-28H,1,4-5,8,12-13,15-16,18-24H2,2H3/t27-/m0/s1. The van der Waals surface area contributed by atoms with Gasteiger partial charge in [0.1, 0.15) is 5.82 Å². The lowest BCUT2D eigenvalue weighted by molar-refractivity contribution is -0.128. The number of hydrogen-bond acceptors (Lipinski definition) is 9. The number of fused-ring (bicyclic) bond motifs is 2. The van der Waals surface area contributed by atoms with Crippen molar-refractivity contribution in [2.75, 3.05) is 48.3 Å². The van der Waals surface area contributed by atoms with Crippen LogP contribution in [0.3, 0.4) is 0 Å². The molecule has 3 aromatic rings. The average Bonchev–Trinajstić information content (AvgIpc) is 3.62. The minimum atomic E-state index is -3.14. The number of aryl methyl sites for hydroxylation is 1. The summed E-state index contributed by atoms with van der Waals surface area (Å²) in [5, 5.41) is 11.7. The van der Waals surface area contributed by atoms with Crippen LogP contribution in [-0.2, 0) is 27.6 Å². The second-order valence-corrected chi connectivity index (χ2v) is 15.0. The molecule has 242 valence electrons. The molecule has 0 spiro atoms. The van der Waals surface area contributed by atoms with Crippen LogP contribution in [0, 0.1) is 18.3 Å². The summed E-state index contributed by atoms with van der Waals surface area (Å²) in [5.74, 6) is 0.682. The van der Waals surface area contributed by atoms with Crippen LogP contribution in [0.5, 0.6) is 6.01 Å². The monoisotopic (exact) mass is 642 g/mol. The summed E-state index contributed by atoms with van der Waals surface area (Å²) in [4.78, 5) is 28.5. The van der Waals surface area contributed by atoms with Crippen molar-refractivity contribution in [2.45, 2.75) is 69.7 Å². The van der Waals surface area contributed by atoms with E-state index in [-0.39, 0.29) is 42.0 Å². The van der Waals surface area contributed by atoms with Crippen LogP contribution in [0.1, 0.15) is 55.3 Å². The van der Waals surface area contributed by atoms with Gasteiger partial charge in [-0.1, -0.05) is 49.8 Å². The molecule has 1 atom stereocenters. The average molecular weight is 643 g/mol. The van der Waals surface area contributed by atoms with Crippen LogP contribution >= 0.6 is 0 Å². The number of rotatable bonds is 10. The number of piperazine rings is 1. The van der Waals surface area contributed by atoms with Crippen LogP contribution in [0.2, 0.25) is 0 Å². The summed E-state index contributed by atoms with van der Waals surface area (Å²) in [5.41, 5.74) is 4.29. The van der Waals surface area contributed by atoms with Gasteiger partial charge in [0.2, 0.25) is 5.91 Å². The minimum Gasteiger partial charge on any atom is -0.463 e. The molecule has 2 aliphatic heterocycles. The molecule has 2 aromatic carbocycles. The number of carbonyl (C=O) groups excluding carboxylic acids is 1. The van der Waals surface area contributed by atoms with Crippen LogP contribution in [-0.4, -0.2) is 79.0 Å². The highest BCUT2D eigenvalue weighted by Crippen LogP contribution is 2.36. The van der Waals surface area contributed by atoms with Crippen molar-refractivity contribution in [3.63, 3.8) is 0 Å². The van der Waals surface area contributed by atoms with Gasteiger partial charge >= 0.3 is 6.01 Å². The molecule has 0 radical (unpaired) electrons. The fourth-order valence-corrected chi connectivity index (χ4v) is 9.17. The Kier molecular flexibility index (Phi) is 9.45. The molecule has 1 aliphatic carbocycles. The summed E-state index contributed by atoms with van der Waals surface area (Å²) in [6, 6.07) is 14.9. The normalized spacial score (nSPS) is 18.8. The van der Waals surface area contributed by atoms with E-state index in [0.29, 0.717) is 32.6 Å². The van der Waals surface area contributed by atoms with Crippen LogP contribution in [0.15, 0.2) is 49.1 Å². The summed E-state index contributed by atoms with van der Waals surface area (Å²) < 4.78 is 31.7. The molecule has 2 fully saturated rings. The zero-order valence-electron chi connectivity index (χ0n) is 26.5. The number of sulfone groups is 1. The fraction of sp³-hybridized carbons (Fsp3) is 0.486. The van der Waals surface area contributed by atoms with Gasteiger partial charge in [-0.2, -0.15) is 15.2 Å². The zero-order valence-corrected chi connectivity index (χ0v) is 27.3. The summed E-state index contributed by atoms with van der Waals surface area (Å²) in [6.07, 6.45) is 6.08. The maximum atomic E-state index is 12.8. The van der Waals surface area contributed by atoms with Crippen molar-refractivity contribution in [3.8, 4) is 12.1 Å². The molecule has 6 rings (SSSR count). The third-order valence-corrected chi connectivity index (χ3v) is 12.0. The van der Waals surface area contributed by atoms with Crippen LogP contribution in [0.25, 0.3) is 10.8 Å². The van der Waals surface area contributed by atoms with Gasteiger partial charge in [0.15, 0.2) is 9.84 Å². The number of hydrogen-bond donors (Lipinski definition) is 0. The van der Waals surface area contributed by atoms with Gasteiger partial charge in [-0.3, -0.25) is 4.79 Å². The SMILES string of the molecule is C=CC(=O)N1CCN(c2nc(OCCCS(=O)(=O)C3CCCC3)nc3c2CCN(c2cccc4cccc(C)c24)C3)C[C@@H]1CC#N. The molecule has 0 unspecified atom stereocenters. The number of nitriles is 1. The van der Waals surface area contributed by atoms with Crippen molar-refractivity contribution in [2.24, 2.45) is 0 Å². The predicted octanol–water partition coefficient (Wildman–Crippen LogP) is 4.74. The fourth-order valence-electron chi connectivity index (χ4n) is 7.26. The maximum Gasteiger partial charge on any atom is 0.318 e. The predicted molar refractivity (Wildman–Crippen MR) is 180 cm³/mol. The number of nitrogens with zero attached hydrogens (tertiary/aromatic N) is 6. The number of ether oxygens (including phenoxy) is 1. The van der Waals surface area contributed by atoms with Gasteiger partial charge in [0.05, 0.1) is 48.4 Å². The molecule has 3 aliphatic rings. The van der Waals surface area contributed by atoms with Crippen molar-refractivity contribution in [3.05, 3.63) is 65.9 Å². The highest BCUT2D eigenvalue weighted by molar-refractivity contribution is 7.92. The molecule has 3 heterocycles. The third-order valence-electron chi connectivity index (χ3n) is 9.64. The zero-order chi connectivity index (χ0) is 32.3. The van der Waals surface area contributed by atoms with Crippen molar-refractivity contribution in [1.82, 2.24) is 14.9 Å². The van der Waals surface area contributed by atoms with Gasteiger partial charge in [-0.05, 0) is 55.7 Å². The Balaban J connectivity index is 1.28. The van der Waals surface area contributed by atoms with Gasteiger partial charge in [-0.25, -0.2) is 8.42 Å². The second kappa shape index (κ2) is 13.7. The molecule has 1 aromatic heterocycles. The topological polar surface area (TPSA) is 120 Å².